The summed E-state index contributed by atoms with van der Waals surface area (Å²) in [6.07, 6.45) is 0. The highest BCUT2D eigenvalue weighted by atomic mass is 16.2. The van der Waals surface area contributed by atoms with Crippen molar-refractivity contribution in [3.05, 3.63) is 60.7 Å². The molecule has 0 unspecified atom stereocenters. The van der Waals surface area contributed by atoms with Gasteiger partial charge in [0.2, 0.25) is 5.78 Å². The van der Waals surface area contributed by atoms with Crippen LogP contribution < -0.4 is 16.1 Å². The van der Waals surface area contributed by atoms with Crippen LogP contribution in [0.4, 0.5) is 11.4 Å². The Morgan fingerprint density at radius 3 is 2.21 bits per heavy atom. The van der Waals surface area contributed by atoms with Gasteiger partial charge in [-0.3, -0.25) is 14.4 Å². The number of para-hydroxylation sites is 2. The molecule has 7 nitrogen and oxygen atoms in total. The van der Waals surface area contributed by atoms with Crippen LogP contribution in [0.25, 0.3) is 0 Å². The van der Waals surface area contributed by atoms with Crippen LogP contribution in [0.2, 0.25) is 0 Å². The number of nitrogens with two attached hydrogens (primary N) is 1. The maximum atomic E-state index is 12.4. The summed E-state index contributed by atoms with van der Waals surface area (Å²) in [5.74, 6) is -4.10. The number of Topliss-reactive ketones (excluding diaryl/α,β-unsaturated/α-hetero) is 1. The SMILES string of the molecule is NC1=NN(c2ccccc2)C(=O)[C@@H]1C(=O)C(=O)Nc1ccccc1. The lowest BCUT2D eigenvalue weighted by molar-refractivity contribution is -0.138. The number of benzene rings is 2. The highest BCUT2D eigenvalue weighted by Gasteiger charge is 2.43. The highest BCUT2D eigenvalue weighted by molar-refractivity contribution is 6.50. The second-order valence-corrected chi connectivity index (χ2v) is 5.13. The molecule has 3 N–H and O–H groups in total. The van der Waals surface area contributed by atoms with Crippen molar-refractivity contribution in [1.29, 1.82) is 0 Å². The summed E-state index contributed by atoms with van der Waals surface area (Å²) in [6, 6.07) is 17.0. The number of hydrogen-bond donors (Lipinski definition) is 2. The normalized spacial score (nSPS) is 16.7. The van der Waals surface area contributed by atoms with Gasteiger partial charge in [-0.2, -0.15) is 10.1 Å². The Morgan fingerprint density at radius 2 is 1.58 bits per heavy atom. The fraction of sp³-hybridized carbons (Fsp3) is 0.0588. The van der Waals surface area contributed by atoms with Crippen molar-refractivity contribution in [3.8, 4) is 0 Å². The lowest BCUT2D eigenvalue weighted by atomic mass is 10.0. The van der Waals surface area contributed by atoms with Crippen LogP contribution >= 0.6 is 0 Å². The van der Waals surface area contributed by atoms with E-state index in [-0.39, 0.29) is 5.84 Å². The summed E-state index contributed by atoms with van der Waals surface area (Å²) < 4.78 is 0. The van der Waals surface area contributed by atoms with Gasteiger partial charge in [0.05, 0.1) is 5.69 Å². The van der Waals surface area contributed by atoms with Gasteiger partial charge >= 0.3 is 0 Å². The molecule has 0 fully saturated rings. The topological polar surface area (TPSA) is 105 Å². The molecule has 3 rings (SSSR count). The number of amides is 2. The molecule has 0 spiro atoms. The zero-order valence-electron chi connectivity index (χ0n) is 12.5. The van der Waals surface area contributed by atoms with Gasteiger partial charge in [0.25, 0.3) is 11.8 Å². The summed E-state index contributed by atoms with van der Waals surface area (Å²) >= 11 is 0. The maximum Gasteiger partial charge on any atom is 0.293 e. The van der Waals surface area contributed by atoms with E-state index in [1.54, 1.807) is 60.7 Å². The van der Waals surface area contributed by atoms with E-state index in [9.17, 15) is 14.4 Å². The van der Waals surface area contributed by atoms with E-state index in [1.807, 2.05) is 0 Å². The quantitative estimate of drug-likeness (QED) is 0.650. The fourth-order valence-corrected chi connectivity index (χ4v) is 2.32. The fourth-order valence-electron chi connectivity index (χ4n) is 2.32. The average Bonchev–Trinajstić information content (AvgIpc) is 2.90. The van der Waals surface area contributed by atoms with Gasteiger partial charge in [0.1, 0.15) is 5.84 Å². The number of ketones is 1. The van der Waals surface area contributed by atoms with E-state index in [0.717, 1.165) is 5.01 Å². The predicted molar refractivity (Wildman–Crippen MR) is 89.1 cm³/mol. The Bertz CT molecular complexity index is 818. The molecule has 120 valence electrons. The van der Waals surface area contributed by atoms with E-state index in [1.165, 1.54) is 0 Å². The van der Waals surface area contributed by atoms with Crippen molar-refractivity contribution in [2.75, 3.05) is 10.3 Å². The third-order valence-electron chi connectivity index (χ3n) is 3.49. The first-order valence-corrected chi connectivity index (χ1v) is 7.21. The van der Waals surface area contributed by atoms with Crippen LogP contribution in [0.5, 0.6) is 0 Å². The molecule has 0 saturated heterocycles. The molecule has 2 aromatic rings. The van der Waals surface area contributed by atoms with E-state index >= 15 is 0 Å². The van der Waals surface area contributed by atoms with Crippen LogP contribution in [0.3, 0.4) is 0 Å². The first-order valence-electron chi connectivity index (χ1n) is 7.21. The minimum atomic E-state index is -1.41. The lowest BCUT2D eigenvalue weighted by Gasteiger charge is -2.13. The van der Waals surface area contributed by atoms with Crippen LogP contribution in [0.15, 0.2) is 65.8 Å². The number of carbonyl (C=O) groups excluding carboxylic acids is 3. The molecule has 2 amide bonds. The minimum absolute atomic E-state index is 0.197. The second kappa shape index (κ2) is 6.33. The van der Waals surface area contributed by atoms with Crippen molar-refractivity contribution in [1.82, 2.24) is 0 Å². The summed E-state index contributed by atoms with van der Waals surface area (Å²) in [6.45, 7) is 0. The van der Waals surface area contributed by atoms with Crippen molar-refractivity contribution in [2.24, 2.45) is 16.8 Å². The molecule has 1 heterocycles. The number of nitrogens with zero attached hydrogens (tertiary/aromatic N) is 2. The summed E-state index contributed by atoms with van der Waals surface area (Å²) in [5, 5.41) is 7.39. The number of anilines is 2. The van der Waals surface area contributed by atoms with Gasteiger partial charge in [-0.25, -0.2) is 0 Å². The summed E-state index contributed by atoms with van der Waals surface area (Å²) in [5.41, 5.74) is 6.65. The molecular formula is C17H14N4O3. The molecule has 1 aliphatic heterocycles. The van der Waals surface area contributed by atoms with E-state index in [4.69, 9.17) is 5.73 Å². The number of nitrogens with one attached hydrogen (secondary N) is 1. The van der Waals surface area contributed by atoms with Crippen LogP contribution in [0.1, 0.15) is 0 Å². The molecular weight excluding hydrogens is 308 g/mol. The van der Waals surface area contributed by atoms with Gasteiger partial charge < -0.3 is 11.1 Å². The molecule has 0 radical (unpaired) electrons. The van der Waals surface area contributed by atoms with E-state index in [0.29, 0.717) is 11.4 Å². The van der Waals surface area contributed by atoms with Gasteiger partial charge in [-0.05, 0) is 24.3 Å². The van der Waals surface area contributed by atoms with Crippen LogP contribution in [0, 0.1) is 5.92 Å². The smallest absolute Gasteiger partial charge is 0.293 e. The first-order chi connectivity index (χ1) is 11.6. The van der Waals surface area contributed by atoms with Crippen molar-refractivity contribution < 1.29 is 14.4 Å². The van der Waals surface area contributed by atoms with Gasteiger partial charge in [0.15, 0.2) is 5.92 Å². The van der Waals surface area contributed by atoms with Gasteiger partial charge in [0, 0.05) is 5.69 Å². The number of carbonyl (C=O) groups is 3. The van der Waals surface area contributed by atoms with Crippen LogP contribution in [-0.4, -0.2) is 23.4 Å². The van der Waals surface area contributed by atoms with Crippen LogP contribution in [-0.2, 0) is 14.4 Å². The third kappa shape index (κ3) is 2.87. The molecule has 24 heavy (non-hydrogen) atoms. The van der Waals surface area contributed by atoms with Crippen molar-refractivity contribution in [2.45, 2.75) is 0 Å². The minimum Gasteiger partial charge on any atom is -0.385 e. The zero-order chi connectivity index (χ0) is 17.1. The lowest BCUT2D eigenvalue weighted by Crippen LogP contribution is -2.41. The molecule has 0 saturated carbocycles. The monoisotopic (exact) mass is 322 g/mol. The number of hydrazone groups is 1. The standard InChI is InChI=1S/C17H14N4O3/c18-15-13(14(22)16(23)19-11-7-3-1-4-8-11)17(24)21(20-15)12-9-5-2-6-10-12/h1-10,13H,(H2,18,20)(H,19,23)/t13-/m1/s1. The predicted octanol–water partition coefficient (Wildman–Crippen LogP) is 1.13. The van der Waals surface area contributed by atoms with Gasteiger partial charge in [-0.1, -0.05) is 36.4 Å². The molecule has 1 atom stereocenters. The Hall–Kier alpha value is -3.48. The Labute approximate surface area is 137 Å². The number of rotatable bonds is 4. The summed E-state index contributed by atoms with van der Waals surface area (Å²) in [4.78, 5) is 36.9. The molecule has 0 bridgehead atoms. The zero-order valence-corrected chi connectivity index (χ0v) is 12.5. The van der Waals surface area contributed by atoms with Gasteiger partial charge in [-0.15, -0.1) is 0 Å². The largest absolute Gasteiger partial charge is 0.385 e. The Kier molecular flexibility index (Phi) is 4.07. The molecule has 0 aromatic heterocycles. The third-order valence-corrected chi connectivity index (χ3v) is 3.49. The molecule has 2 aromatic carbocycles. The first kappa shape index (κ1) is 15.4. The molecule has 1 aliphatic rings. The van der Waals surface area contributed by atoms with Crippen molar-refractivity contribution >= 4 is 34.8 Å². The maximum absolute atomic E-state index is 12.4. The molecule has 7 heteroatoms. The summed E-state index contributed by atoms with van der Waals surface area (Å²) in [7, 11) is 0. The van der Waals surface area contributed by atoms with E-state index in [2.05, 4.69) is 10.4 Å². The average molecular weight is 322 g/mol. The Morgan fingerprint density at radius 1 is 1.00 bits per heavy atom. The molecule has 0 aliphatic carbocycles. The Balaban J connectivity index is 1.77. The second-order valence-electron chi connectivity index (χ2n) is 5.13. The number of hydrogen-bond acceptors (Lipinski definition) is 5. The van der Waals surface area contributed by atoms with Crippen molar-refractivity contribution in [3.63, 3.8) is 0 Å². The van der Waals surface area contributed by atoms with E-state index < -0.39 is 23.5 Å². The highest BCUT2D eigenvalue weighted by Crippen LogP contribution is 2.23. The number of amidine groups is 1.